The van der Waals surface area contributed by atoms with Crippen molar-refractivity contribution in [2.24, 2.45) is 11.3 Å². The third-order valence-electron chi connectivity index (χ3n) is 10.4. The molecule has 4 rings (SSSR count). The van der Waals surface area contributed by atoms with E-state index in [4.69, 9.17) is 23.4 Å². The molecule has 10 heteroatoms. The summed E-state index contributed by atoms with van der Waals surface area (Å²) in [5, 5.41) is 1.39. The molecule has 2 saturated heterocycles. The minimum Gasteiger partial charge on any atom is -0.547 e. The normalized spacial score (nSPS) is 28.3. The molecule has 0 amide bonds. The zero-order chi connectivity index (χ0) is 31.0. The lowest BCUT2D eigenvalue weighted by Gasteiger charge is -2.51. The van der Waals surface area contributed by atoms with Crippen molar-refractivity contribution in [2.75, 3.05) is 39.4 Å². The maximum atomic E-state index is 14.3. The highest BCUT2D eigenvalue weighted by Crippen LogP contribution is 2.64. The third-order valence-corrected chi connectivity index (χ3v) is 22.5. The van der Waals surface area contributed by atoms with E-state index < -0.39 is 21.8 Å². The molecule has 3 aliphatic rings. The van der Waals surface area contributed by atoms with Crippen LogP contribution in [0.3, 0.4) is 0 Å². The molecular weight excluding hydrogens is 601 g/mol. The van der Waals surface area contributed by atoms with Gasteiger partial charge in [-0.1, -0.05) is 69.4 Å². The smallest absolute Gasteiger partial charge is 0.314 e. The molecule has 2 aliphatic heterocycles. The van der Waals surface area contributed by atoms with Crippen molar-refractivity contribution in [2.45, 2.75) is 93.3 Å². The maximum absolute atomic E-state index is 14.3. The highest BCUT2D eigenvalue weighted by molar-refractivity contribution is 8.18. The second-order valence-corrected chi connectivity index (χ2v) is 26.6. The van der Waals surface area contributed by atoms with E-state index in [0.717, 1.165) is 23.7 Å². The largest absolute Gasteiger partial charge is 0.547 e. The highest BCUT2D eigenvalue weighted by atomic mass is 32.2. The van der Waals surface area contributed by atoms with Crippen LogP contribution in [0.15, 0.2) is 42.2 Å². The van der Waals surface area contributed by atoms with E-state index >= 15 is 0 Å². The Labute approximate surface area is 264 Å². The molecule has 1 aromatic carbocycles. The number of hydrogen-bond donors (Lipinski definition) is 0. The molecule has 6 nitrogen and oxygen atoms in total. The third kappa shape index (κ3) is 6.20. The van der Waals surface area contributed by atoms with E-state index in [0.29, 0.717) is 19.4 Å². The molecule has 2 heterocycles. The number of carbonyl (C=O) groups excluding carboxylic acids is 1. The first-order chi connectivity index (χ1) is 19.7. The first kappa shape index (κ1) is 34.1. The van der Waals surface area contributed by atoms with Crippen LogP contribution in [0.2, 0.25) is 36.8 Å². The summed E-state index contributed by atoms with van der Waals surface area (Å²) in [6.45, 7) is 16.6. The molecule has 0 unspecified atom stereocenters. The van der Waals surface area contributed by atoms with Crippen molar-refractivity contribution in [1.82, 2.24) is 0 Å². The van der Waals surface area contributed by atoms with E-state index in [1.807, 2.05) is 23.5 Å². The van der Waals surface area contributed by atoms with Gasteiger partial charge < -0.3 is 23.4 Å². The van der Waals surface area contributed by atoms with Crippen molar-refractivity contribution < 1.29 is 28.2 Å². The Morgan fingerprint density at radius 2 is 1.67 bits per heavy atom. The Bertz CT molecular complexity index is 1110. The molecule has 2 fully saturated rings. The predicted molar refractivity (Wildman–Crippen MR) is 181 cm³/mol. The summed E-state index contributed by atoms with van der Waals surface area (Å²) in [7, 11) is 0.512. The molecule has 0 N–H and O–H groups in total. The van der Waals surface area contributed by atoms with Crippen LogP contribution in [-0.4, -0.2) is 78.3 Å². The molecule has 0 radical (unpaired) electrons. The van der Waals surface area contributed by atoms with E-state index in [9.17, 15) is 4.79 Å². The predicted octanol–water partition coefficient (Wildman–Crippen LogP) is 7.03. The van der Waals surface area contributed by atoms with Gasteiger partial charge in [0.25, 0.3) is 0 Å². The van der Waals surface area contributed by atoms with Gasteiger partial charge in [-0.3, -0.25) is 4.79 Å². The minimum atomic E-state index is -2.28. The Morgan fingerprint density at radius 3 is 2.21 bits per heavy atom. The summed E-state index contributed by atoms with van der Waals surface area (Å²) in [6.07, 6.45) is 4.24. The summed E-state index contributed by atoms with van der Waals surface area (Å²) in [6, 6.07) is 10.8. The van der Waals surface area contributed by atoms with Gasteiger partial charge in [-0.15, -0.1) is 23.5 Å². The molecule has 1 aliphatic carbocycles. The number of thioether (sulfide) groups is 2. The fraction of sp³-hybridized carbons (Fsp3) is 0.719. The van der Waals surface area contributed by atoms with Crippen molar-refractivity contribution in [3.05, 3.63) is 42.2 Å². The van der Waals surface area contributed by atoms with Crippen LogP contribution in [0.25, 0.3) is 0 Å². The Kier molecular flexibility index (Phi) is 10.5. The lowest BCUT2D eigenvalue weighted by Crippen LogP contribution is -2.60. The molecule has 4 atom stereocenters. The number of esters is 1. The van der Waals surface area contributed by atoms with Gasteiger partial charge in [0.2, 0.25) is 8.32 Å². The van der Waals surface area contributed by atoms with Crippen LogP contribution in [0.1, 0.15) is 40.0 Å². The molecule has 236 valence electrons. The maximum Gasteiger partial charge on any atom is 0.314 e. The molecule has 42 heavy (non-hydrogen) atoms. The van der Waals surface area contributed by atoms with Crippen molar-refractivity contribution >= 4 is 51.1 Å². The van der Waals surface area contributed by atoms with Crippen LogP contribution in [0, 0.1) is 11.3 Å². The van der Waals surface area contributed by atoms with E-state index in [1.165, 1.54) is 12.3 Å². The van der Waals surface area contributed by atoms with Crippen LogP contribution >= 0.6 is 23.5 Å². The first-order valence-corrected chi connectivity index (χ1v) is 23.1. The van der Waals surface area contributed by atoms with Gasteiger partial charge >= 0.3 is 5.97 Å². The minimum absolute atomic E-state index is 0.0379. The Morgan fingerprint density at radius 1 is 1.05 bits per heavy atom. The standard InChI is InChI=1S/C32H52O6S2Si2/c1-30(2,3)42(9,10)38-23-19-25-28(32(21-27(34-4)35-5)39-17-14-18-40-32)37-22-31(25,29(33)36-6)26(20-23)41(7,8)24-15-12-11-13-16-24/h11-13,15-16,19,25-28H,14,17-18,20-22H2,1-10H3/t25-,26+,28+,31+/m0/s1. The number of fused-ring (bicyclic) bond motifs is 1. The number of rotatable bonds is 10. The van der Waals surface area contributed by atoms with Crippen LogP contribution < -0.4 is 5.19 Å². The van der Waals surface area contributed by atoms with Crippen LogP contribution in [-0.2, 0) is 28.2 Å². The molecule has 0 spiro atoms. The van der Waals surface area contributed by atoms with Crippen molar-refractivity contribution in [3.8, 4) is 0 Å². The average Bonchev–Trinajstić information content (AvgIpc) is 3.36. The monoisotopic (exact) mass is 652 g/mol. The zero-order valence-corrected chi connectivity index (χ0v) is 30.9. The summed E-state index contributed by atoms with van der Waals surface area (Å²) in [4.78, 5) is 14.3. The lowest BCUT2D eigenvalue weighted by atomic mass is 9.67. The van der Waals surface area contributed by atoms with E-state index in [1.54, 1.807) is 14.2 Å². The molecule has 0 bridgehead atoms. The van der Waals surface area contributed by atoms with Gasteiger partial charge in [0.05, 0.1) is 37.7 Å². The second-order valence-electron chi connectivity index (χ2n) is 14.1. The summed E-state index contributed by atoms with van der Waals surface area (Å²) >= 11 is 3.88. The van der Waals surface area contributed by atoms with Crippen LogP contribution in [0.4, 0.5) is 0 Å². The summed E-state index contributed by atoms with van der Waals surface area (Å²) in [5.74, 6) is 2.76. The molecule has 0 saturated carbocycles. The number of benzene rings is 1. The van der Waals surface area contributed by atoms with E-state index in [2.05, 4.69) is 83.4 Å². The zero-order valence-electron chi connectivity index (χ0n) is 27.3. The summed E-state index contributed by atoms with van der Waals surface area (Å²) in [5.41, 5.74) is -0.761. The van der Waals surface area contributed by atoms with Gasteiger partial charge in [-0.25, -0.2) is 0 Å². The van der Waals surface area contributed by atoms with Gasteiger partial charge in [-0.05, 0) is 47.7 Å². The number of methoxy groups -OCH3 is 3. The SMILES string of the molecule is COC(=O)[C@]12CO[C@@H](C3(CC(OC)OC)SCCCS3)[C@@H]1C=C(O[Si](C)(C)C(C)(C)C)C[C@H]2[Si](C)(C)c1ccccc1. The topological polar surface area (TPSA) is 63.2 Å². The first-order valence-electron chi connectivity index (χ1n) is 15.2. The lowest BCUT2D eigenvalue weighted by molar-refractivity contribution is -0.155. The number of ether oxygens (including phenoxy) is 4. The average molecular weight is 653 g/mol. The van der Waals surface area contributed by atoms with Gasteiger partial charge in [0.1, 0.15) is 5.41 Å². The number of hydrogen-bond acceptors (Lipinski definition) is 8. The van der Waals surface area contributed by atoms with Gasteiger partial charge in [0, 0.05) is 33.0 Å². The number of allylic oxidation sites excluding steroid dienone is 1. The molecular formula is C32H52O6S2Si2. The van der Waals surface area contributed by atoms with E-state index in [-0.39, 0.29) is 38.9 Å². The van der Waals surface area contributed by atoms with Crippen LogP contribution in [0.5, 0.6) is 0 Å². The quantitative estimate of drug-likeness (QED) is 0.152. The number of carbonyl (C=O) groups is 1. The van der Waals surface area contributed by atoms with Gasteiger partial charge in [0.15, 0.2) is 6.29 Å². The molecule has 1 aromatic rings. The van der Waals surface area contributed by atoms with Gasteiger partial charge in [-0.2, -0.15) is 0 Å². The fourth-order valence-corrected chi connectivity index (χ4v) is 15.4. The van der Waals surface area contributed by atoms with Crippen molar-refractivity contribution in [1.29, 1.82) is 0 Å². The second kappa shape index (κ2) is 12.9. The Hall–Kier alpha value is -0.756. The van der Waals surface area contributed by atoms with Crippen molar-refractivity contribution in [3.63, 3.8) is 0 Å². The Balaban J connectivity index is 1.91. The summed E-state index contributed by atoms with van der Waals surface area (Å²) < 4.78 is 31.0. The fourth-order valence-electron chi connectivity index (χ4n) is 6.85. The highest BCUT2D eigenvalue weighted by Gasteiger charge is 2.68. The molecule has 0 aromatic heterocycles.